The molecule has 0 atom stereocenters. The maximum atomic E-state index is 11.8. The molecule has 0 aromatic rings. The topological polar surface area (TPSA) is 35.5 Å². The normalized spacial score (nSPS) is 11.6. The van der Waals surface area contributed by atoms with Crippen molar-refractivity contribution in [3.05, 3.63) is 0 Å². The molecule has 0 aliphatic rings. The molecule has 0 saturated heterocycles. The molecule has 0 aromatic carbocycles. The molecule has 0 bridgehead atoms. The lowest BCUT2D eigenvalue weighted by Gasteiger charge is -2.23. The molecule has 3 heteroatoms. The molecular formula is C17H34O3. The second kappa shape index (κ2) is 12.2. The predicted molar refractivity (Wildman–Crippen MR) is 83.8 cm³/mol. The lowest BCUT2D eigenvalue weighted by Crippen LogP contribution is -2.21. The maximum Gasteiger partial charge on any atom is 0.306 e. The van der Waals surface area contributed by atoms with Gasteiger partial charge in [0, 0.05) is 13.2 Å². The highest BCUT2D eigenvalue weighted by Gasteiger charge is 2.22. The molecule has 0 fully saturated rings. The van der Waals surface area contributed by atoms with Crippen molar-refractivity contribution in [2.45, 2.75) is 79.1 Å². The smallest absolute Gasteiger partial charge is 0.306 e. The van der Waals surface area contributed by atoms with Crippen molar-refractivity contribution in [3.8, 4) is 0 Å². The molecule has 0 amide bonds. The molecule has 0 saturated carbocycles. The average Bonchev–Trinajstić information content (AvgIpc) is 2.37. The predicted octanol–water partition coefficient (Wildman–Crippen LogP) is 4.73. The first-order valence-electron chi connectivity index (χ1n) is 8.25. The summed E-state index contributed by atoms with van der Waals surface area (Å²) in [5.41, 5.74) is -0.0343. The summed E-state index contributed by atoms with van der Waals surface area (Å²) in [6.45, 7) is 10.4. The fourth-order valence-electron chi connectivity index (χ4n) is 2.09. The lowest BCUT2D eigenvalue weighted by atomic mass is 9.86. The summed E-state index contributed by atoms with van der Waals surface area (Å²) < 4.78 is 10.7. The molecule has 120 valence electrons. The minimum atomic E-state index is -0.0694. The van der Waals surface area contributed by atoms with Crippen molar-refractivity contribution in [1.82, 2.24) is 0 Å². The second-order valence-electron chi connectivity index (χ2n) is 6.28. The van der Waals surface area contributed by atoms with Crippen LogP contribution in [-0.4, -0.2) is 25.8 Å². The Morgan fingerprint density at radius 2 is 1.60 bits per heavy atom. The first-order chi connectivity index (χ1) is 9.52. The fraction of sp³-hybridized carbons (Fsp3) is 0.941. The van der Waals surface area contributed by atoms with E-state index >= 15 is 0 Å². The van der Waals surface area contributed by atoms with Crippen LogP contribution in [0, 0.1) is 5.41 Å². The van der Waals surface area contributed by atoms with Crippen LogP contribution in [0.4, 0.5) is 0 Å². The van der Waals surface area contributed by atoms with Crippen LogP contribution < -0.4 is 0 Å². The summed E-state index contributed by atoms with van der Waals surface area (Å²) in [5, 5.41) is 0. The second-order valence-corrected chi connectivity index (χ2v) is 6.28. The van der Waals surface area contributed by atoms with Crippen LogP contribution in [0.2, 0.25) is 0 Å². The van der Waals surface area contributed by atoms with E-state index in [-0.39, 0.29) is 11.4 Å². The Morgan fingerprint density at radius 1 is 0.950 bits per heavy atom. The van der Waals surface area contributed by atoms with Gasteiger partial charge in [0.15, 0.2) is 0 Å². The van der Waals surface area contributed by atoms with E-state index in [2.05, 4.69) is 20.8 Å². The molecule has 0 aliphatic heterocycles. The number of rotatable bonds is 13. The van der Waals surface area contributed by atoms with E-state index in [4.69, 9.17) is 9.47 Å². The molecular weight excluding hydrogens is 252 g/mol. The number of hydrogen-bond acceptors (Lipinski definition) is 3. The summed E-state index contributed by atoms with van der Waals surface area (Å²) >= 11 is 0. The van der Waals surface area contributed by atoms with Gasteiger partial charge in [-0.15, -0.1) is 0 Å². The van der Waals surface area contributed by atoms with E-state index in [9.17, 15) is 4.79 Å². The first kappa shape index (κ1) is 19.4. The highest BCUT2D eigenvalue weighted by atomic mass is 16.5. The van der Waals surface area contributed by atoms with Crippen LogP contribution in [0.25, 0.3) is 0 Å². The number of carbonyl (C=O) groups excluding carboxylic acids is 1. The van der Waals surface area contributed by atoms with Crippen molar-refractivity contribution >= 4 is 5.97 Å². The van der Waals surface area contributed by atoms with E-state index in [1.807, 2.05) is 6.92 Å². The minimum Gasteiger partial charge on any atom is -0.466 e. The van der Waals surface area contributed by atoms with Gasteiger partial charge in [-0.1, -0.05) is 52.9 Å². The molecule has 0 heterocycles. The van der Waals surface area contributed by atoms with E-state index in [1.54, 1.807) is 0 Å². The number of ether oxygens (including phenoxy) is 2. The SMILES string of the molecule is CCCCCCCCOC(=O)CC(C)(C)CCOCC. The zero-order chi connectivity index (χ0) is 15.3. The first-order valence-corrected chi connectivity index (χ1v) is 8.25. The van der Waals surface area contributed by atoms with Crippen LogP contribution in [0.3, 0.4) is 0 Å². The maximum absolute atomic E-state index is 11.8. The molecule has 0 spiro atoms. The van der Waals surface area contributed by atoms with Gasteiger partial charge in [0.1, 0.15) is 0 Å². The third-order valence-electron chi connectivity index (χ3n) is 3.51. The summed E-state index contributed by atoms with van der Waals surface area (Å²) in [4.78, 5) is 11.8. The Hall–Kier alpha value is -0.570. The Bertz CT molecular complexity index is 236. The third kappa shape index (κ3) is 12.5. The summed E-state index contributed by atoms with van der Waals surface area (Å²) in [6.07, 6.45) is 8.68. The summed E-state index contributed by atoms with van der Waals surface area (Å²) in [6, 6.07) is 0. The van der Waals surface area contributed by atoms with E-state index < -0.39 is 0 Å². The van der Waals surface area contributed by atoms with Crippen LogP contribution in [0.15, 0.2) is 0 Å². The number of unbranched alkanes of at least 4 members (excludes halogenated alkanes) is 5. The zero-order valence-corrected chi connectivity index (χ0v) is 14.0. The van der Waals surface area contributed by atoms with E-state index in [0.29, 0.717) is 19.6 Å². The molecule has 20 heavy (non-hydrogen) atoms. The molecule has 3 nitrogen and oxygen atoms in total. The van der Waals surface area contributed by atoms with Gasteiger partial charge in [0.05, 0.1) is 13.0 Å². The van der Waals surface area contributed by atoms with Crippen LogP contribution >= 0.6 is 0 Å². The van der Waals surface area contributed by atoms with Crippen LogP contribution in [-0.2, 0) is 14.3 Å². The number of carbonyl (C=O) groups is 1. The molecule has 0 aliphatic carbocycles. The molecule has 0 aromatic heterocycles. The summed E-state index contributed by atoms with van der Waals surface area (Å²) in [7, 11) is 0. The zero-order valence-electron chi connectivity index (χ0n) is 14.0. The van der Waals surface area contributed by atoms with Crippen molar-refractivity contribution < 1.29 is 14.3 Å². The highest BCUT2D eigenvalue weighted by Crippen LogP contribution is 2.25. The largest absolute Gasteiger partial charge is 0.466 e. The monoisotopic (exact) mass is 286 g/mol. The minimum absolute atomic E-state index is 0.0343. The molecule has 0 N–H and O–H groups in total. The van der Waals surface area contributed by atoms with Crippen molar-refractivity contribution in [1.29, 1.82) is 0 Å². The third-order valence-corrected chi connectivity index (χ3v) is 3.51. The van der Waals surface area contributed by atoms with Gasteiger partial charge in [-0.25, -0.2) is 0 Å². The number of esters is 1. The quantitative estimate of drug-likeness (QED) is 0.362. The van der Waals surface area contributed by atoms with Gasteiger partial charge in [-0.2, -0.15) is 0 Å². The molecule has 0 rings (SSSR count). The van der Waals surface area contributed by atoms with E-state index in [0.717, 1.165) is 19.4 Å². The highest BCUT2D eigenvalue weighted by molar-refractivity contribution is 5.70. The standard InChI is InChI=1S/C17H34O3/c1-5-7-8-9-10-11-13-20-16(18)15-17(3,4)12-14-19-6-2/h5-15H2,1-4H3. The van der Waals surface area contributed by atoms with Crippen molar-refractivity contribution in [2.75, 3.05) is 19.8 Å². The number of hydrogen-bond donors (Lipinski definition) is 0. The van der Waals surface area contributed by atoms with Gasteiger partial charge in [0.2, 0.25) is 0 Å². The van der Waals surface area contributed by atoms with Gasteiger partial charge in [0.25, 0.3) is 0 Å². The van der Waals surface area contributed by atoms with Crippen molar-refractivity contribution in [3.63, 3.8) is 0 Å². The van der Waals surface area contributed by atoms with Gasteiger partial charge >= 0.3 is 5.97 Å². The average molecular weight is 286 g/mol. The Balaban J connectivity index is 3.56. The Labute approximate surface area is 125 Å². The summed E-state index contributed by atoms with van der Waals surface area (Å²) in [5.74, 6) is -0.0694. The Kier molecular flexibility index (Phi) is 11.8. The molecule has 0 unspecified atom stereocenters. The molecule has 0 radical (unpaired) electrons. The fourth-order valence-corrected chi connectivity index (χ4v) is 2.09. The van der Waals surface area contributed by atoms with Crippen LogP contribution in [0.5, 0.6) is 0 Å². The lowest BCUT2D eigenvalue weighted by molar-refractivity contribution is -0.146. The van der Waals surface area contributed by atoms with Crippen molar-refractivity contribution in [2.24, 2.45) is 5.41 Å². The Morgan fingerprint density at radius 3 is 2.25 bits per heavy atom. The van der Waals surface area contributed by atoms with Crippen LogP contribution in [0.1, 0.15) is 79.1 Å². The van der Waals surface area contributed by atoms with Gasteiger partial charge < -0.3 is 9.47 Å². The van der Waals surface area contributed by atoms with Gasteiger partial charge in [-0.3, -0.25) is 4.79 Å². The van der Waals surface area contributed by atoms with E-state index in [1.165, 1.54) is 32.1 Å². The van der Waals surface area contributed by atoms with Gasteiger partial charge in [-0.05, 0) is 25.2 Å².